The number of phenolic OH excluding ortho intramolecular Hbond substituents is 1. The Morgan fingerprint density at radius 3 is 2.49 bits per heavy atom. The first-order chi connectivity index (χ1) is 20.6. The van der Waals surface area contributed by atoms with Gasteiger partial charge in [0.25, 0.3) is 11.8 Å². The third-order valence-corrected chi connectivity index (χ3v) is 8.03. The first-order valence-electron chi connectivity index (χ1n) is 14.5. The number of aryl methyl sites for hydroxylation is 2. The second-order valence-corrected chi connectivity index (χ2v) is 11.2. The van der Waals surface area contributed by atoms with E-state index in [1.807, 2.05) is 30.3 Å². The molecule has 3 N–H and O–H groups in total. The molecule has 43 heavy (non-hydrogen) atoms. The highest BCUT2D eigenvalue weighted by Gasteiger charge is 2.46. The molecule has 4 amide bonds. The number of cyclic esters (lactones) is 1. The molecule has 5 rings (SSSR count). The molecular formula is C31H36N4O8. The van der Waals surface area contributed by atoms with Gasteiger partial charge in [0.15, 0.2) is 0 Å². The number of nitrogens with zero attached hydrogens (tertiary/aromatic N) is 2. The van der Waals surface area contributed by atoms with E-state index in [0.717, 1.165) is 10.6 Å². The van der Waals surface area contributed by atoms with Crippen LogP contribution >= 0.6 is 0 Å². The molecule has 3 fully saturated rings. The minimum absolute atomic E-state index is 0.0114. The zero-order valence-electron chi connectivity index (χ0n) is 24.2. The normalized spacial score (nSPS) is 23.8. The van der Waals surface area contributed by atoms with Crippen molar-refractivity contribution in [1.29, 1.82) is 0 Å². The lowest BCUT2D eigenvalue weighted by Gasteiger charge is -2.43. The highest BCUT2D eigenvalue weighted by molar-refractivity contribution is 6.00. The molecule has 4 atom stereocenters. The topological polar surface area (TPSA) is 155 Å². The predicted molar refractivity (Wildman–Crippen MR) is 152 cm³/mol. The number of rotatable bonds is 8. The van der Waals surface area contributed by atoms with Gasteiger partial charge in [-0.15, -0.1) is 0 Å². The summed E-state index contributed by atoms with van der Waals surface area (Å²) >= 11 is 0. The van der Waals surface area contributed by atoms with E-state index in [2.05, 4.69) is 10.6 Å². The third kappa shape index (κ3) is 6.64. The molecule has 3 heterocycles. The van der Waals surface area contributed by atoms with Crippen LogP contribution in [0.3, 0.4) is 0 Å². The van der Waals surface area contributed by atoms with E-state index in [9.17, 15) is 29.1 Å². The molecule has 3 saturated heterocycles. The van der Waals surface area contributed by atoms with Crippen LogP contribution in [0.4, 0.5) is 0 Å². The Kier molecular flexibility index (Phi) is 8.95. The average molecular weight is 593 g/mol. The van der Waals surface area contributed by atoms with E-state index < -0.39 is 48.1 Å². The first-order valence-corrected chi connectivity index (χ1v) is 14.5. The molecule has 0 aromatic heterocycles. The van der Waals surface area contributed by atoms with Crippen molar-refractivity contribution < 1.29 is 38.6 Å². The van der Waals surface area contributed by atoms with Crippen LogP contribution in [0, 0.1) is 13.8 Å². The highest BCUT2D eigenvalue weighted by atomic mass is 16.7. The van der Waals surface area contributed by atoms with Crippen LogP contribution in [0.15, 0.2) is 42.5 Å². The molecule has 0 spiro atoms. The minimum atomic E-state index is -1.05. The molecule has 0 bridgehead atoms. The lowest BCUT2D eigenvalue weighted by atomic mass is 10.0. The number of hydrogen-bond acceptors (Lipinski definition) is 8. The summed E-state index contributed by atoms with van der Waals surface area (Å²) in [6.45, 7) is 3.88. The Balaban J connectivity index is 1.27. The molecule has 12 heteroatoms. The fraction of sp³-hybridized carbons (Fsp3) is 0.452. The maximum absolute atomic E-state index is 13.8. The summed E-state index contributed by atoms with van der Waals surface area (Å²) in [5, 5.41) is 18.1. The van der Waals surface area contributed by atoms with Crippen molar-refractivity contribution in [2.24, 2.45) is 0 Å². The maximum Gasteiger partial charge on any atom is 0.310 e. The molecule has 228 valence electrons. The number of fused-ring (bicyclic) bond motifs is 1. The van der Waals surface area contributed by atoms with Gasteiger partial charge in [0, 0.05) is 18.5 Å². The lowest BCUT2D eigenvalue weighted by Crippen LogP contribution is -2.64. The Hall–Kier alpha value is -4.45. The van der Waals surface area contributed by atoms with E-state index in [4.69, 9.17) is 9.47 Å². The van der Waals surface area contributed by atoms with Crippen molar-refractivity contribution in [3.8, 4) is 5.75 Å². The van der Waals surface area contributed by atoms with Gasteiger partial charge in [0.2, 0.25) is 18.1 Å². The number of ether oxygens (including phenoxy) is 2. The molecule has 0 unspecified atom stereocenters. The second-order valence-electron chi connectivity index (χ2n) is 11.2. The molecular weight excluding hydrogens is 556 g/mol. The van der Waals surface area contributed by atoms with Gasteiger partial charge in [0.1, 0.15) is 23.9 Å². The zero-order chi connectivity index (χ0) is 30.7. The molecule has 0 saturated carbocycles. The summed E-state index contributed by atoms with van der Waals surface area (Å²) < 4.78 is 11.1. The number of benzene rings is 2. The molecule has 0 aliphatic carbocycles. The van der Waals surface area contributed by atoms with Crippen LogP contribution in [-0.2, 0) is 35.1 Å². The summed E-state index contributed by atoms with van der Waals surface area (Å²) in [4.78, 5) is 65.7. The minimum Gasteiger partial charge on any atom is -0.507 e. The van der Waals surface area contributed by atoms with Crippen LogP contribution in [0.2, 0.25) is 0 Å². The number of esters is 1. The highest BCUT2D eigenvalue weighted by Crippen LogP contribution is 2.27. The first kappa shape index (κ1) is 30.0. The van der Waals surface area contributed by atoms with Gasteiger partial charge in [-0.1, -0.05) is 30.3 Å². The van der Waals surface area contributed by atoms with Crippen molar-refractivity contribution >= 4 is 29.6 Å². The standard InChI is InChI=1S/C31H36N4O8/c1-18-15-21(16-19(2)27(18)38)28(39)32-22-10-11-25(36)34-13-6-9-24(35(34)30(22)41)29(40)33-23-17-26(37)43-31(23)42-14-12-20-7-4-3-5-8-20/h3-5,7-8,15-16,22-24,31,38H,6,9-14,17H2,1-2H3,(H,32,39)(H,33,40)/t22-,23-,24-,31+/m0/s1. The van der Waals surface area contributed by atoms with Crippen molar-refractivity contribution in [3.63, 3.8) is 0 Å². The SMILES string of the molecule is Cc1cc(C(=O)N[C@H]2CCC(=O)N3CCC[C@@H](C(=O)N[C@H]4CC(=O)O[C@H]4OCCc4ccccc4)N3C2=O)cc(C)c1O. The van der Waals surface area contributed by atoms with E-state index in [1.54, 1.807) is 13.8 Å². The number of carbonyl (C=O) groups is 5. The van der Waals surface area contributed by atoms with Gasteiger partial charge < -0.3 is 25.2 Å². The van der Waals surface area contributed by atoms with Crippen LogP contribution < -0.4 is 10.6 Å². The maximum atomic E-state index is 13.8. The largest absolute Gasteiger partial charge is 0.507 e. The van der Waals surface area contributed by atoms with Gasteiger partial charge in [-0.25, -0.2) is 5.01 Å². The molecule has 2 aromatic rings. The fourth-order valence-corrected chi connectivity index (χ4v) is 5.76. The zero-order valence-corrected chi connectivity index (χ0v) is 24.2. The predicted octanol–water partition coefficient (Wildman–Crippen LogP) is 1.65. The Morgan fingerprint density at radius 2 is 1.77 bits per heavy atom. The van der Waals surface area contributed by atoms with Gasteiger partial charge in [-0.3, -0.25) is 29.0 Å². The van der Waals surface area contributed by atoms with E-state index in [0.29, 0.717) is 30.4 Å². The van der Waals surface area contributed by atoms with Gasteiger partial charge in [0.05, 0.1) is 13.0 Å². The van der Waals surface area contributed by atoms with E-state index in [1.165, 1.54) is 17.1 Å². The Morgan fingerprint density at radius 1 is 1.05 bits per heavy atom. The summed E-state index contributed by atoms with van der Waals surface area (Å²) in [6.07, 6.45) is 0.391. The summed E-state index contributed by atoms with van der Waals surface area (Å²) in [5.74, 6) is -2.38. The molecule has 3 aliphatic heterocycles. The van der Waals surface area contributed by atoms with Crippen LogP contribution in [0.25, 0.3) is 0 Å². The molecule has 12 nitrogen and oxygen atoms in total. The van der Waals surface area contributed by atoms with E-state index >= 15 is 0 Å². The lowest BCUT2D eigenvalue weighted by molar-refractivity contribution is -0.177. The number of phenols is 1. The smallest absolute Gasteiger partial charge is 0.310 e. The number of aromatic hydroxyl groups is 1. The Bertz CT molecular complexity index is 1390. The number of nitrogens with one attached hydrogen (secondary N) is 2. The second kappa shape index (κ2) is 12.8. The van der Waals surface area contributed by atoms with Crippen LogP contribution in [0.5, 0.6) is 5.75 Å². The summed E-state index contributed by atoms with van der Waals surface area (Å²) in [5.41, 5.74) is 2.35. The quantitative estimate of drug-likeness (QED) is 0.391. The average Bonchev–Trinajstić information content (AvgIpc) is 3.29. The summed E-state index contributed by atoms with van der Waals surface area (Å²) in [6, 6.07) is 9.88. The monoisotopic (exact) mass is 592 g/mol. The third-order valence-electron chi connectivity index (χ3n) is 8.03. The number of hydrogen-bond donors (Lipinski definition) is 3. The van der Waals surface area contributed by atoms with E-state index in [-0.39, 0.29) is 49.6 Å². The van der Waals surface area contributed by atoms with Crippen molar-refractivity contribution in [1.82, 2.24) is 20.7 Å². The number of amides is 4. The summed E-state index contributed by atoms with van der Waals surface area (Å²) in [7, 11) is 0. The number of carbonyl (C=O) groups excluding carboxylic acids is 5. The van der Waals surface area contributed by atoms with Crippen LogP contribution in [-0.4, -0.2) is 82.3 Å². The van der Waals surface area contributed by atoms with Gasteiger partial charge >= 0.3 is 5.97 Å². The van der Waals surface area contributed by atoms with Crippen molar-refractivity contribution in [2.75, 3.05) is 13.2 Å². The fourth-order valence-electron chi connectivity index (χ4n) is 5.76. The molecule has 0 radical (unpaired) electrons. The van der Waals surface area contributed by atoms with Gasteiger partial charge in [-0.2, -0.15) is 0 Å². The van der Waals surface area contributed by atoms with Crippen LogP contribution in [0.1, 0.15) is 59.2 Å². The van der Waals surface area contributed by atoms with Crippen molar-refractivity contribution in [3.05, 3.63) is 64.7 Å². The van der Waals surface area contributed by atoms with Gasteiger partial charge in [-0.05, 0) is 68.4 Å². The Labute approximate surface area is 249 Å². The van der Waals surface area contributed by atoms with Crippen molar-refractivity contribution in [2.45, 2.75) is 76.8 Å². The molecule has 2 aromatic carbocycles. The molecule has 3 aliphatic rings. The number of hydrazine groups is 1.